The molecule has 2 heteroatoms. The average Bonchev–Trinajstić information content (AvgIpc) is 2.51. The molecule has 0 aromatic carbocycles. The highest BCUT2D eigenvalue weighted by atomic mass is 16.7. The molecular formula is C25H48O2. The van der Waals surface area contributed by atoms with E-state index in [0.29, 0.717) is 11.8 Å². The molecule has 2 unspecified atom stereocenters. The second-order valence-corrected chi connectivity index (χ2v) is 9.94. The monoisotopic (exact) mass is 380 g/mol. The number of hydrogen-bond acceptors (Lipinski definition) is 2. The first kappa shape index (κ1) is 26.4. The van der Waals surface area contributed by atoms with Crippen LogP contribution >= 0.6 is 0 Å². The Morgan fingerprint density at radius 1 is 0.704 bits per heavy atom. The van der Waals surface area contributed by atoms with E-state index in [-0.39, 0.29) is 11.7 Å². The van der Waals surface area contributed by atoms with Gasteiger partial charge in [-0.1, -0.05) is 57.9 Å². The summed E-state index contributed by atoms with van der Waals surface area (Å²) in [6.45, 7) is 21.5. The third-order valence-electron chi connectivity index (χ3n) is 4.89. The van der Waals surface area contributed by atoms with Crippen LogP contribution in [0.4, 0.5) is 0 Å². The molecule has 0 aliphatic rings. The molecule has 27 heavy (non-hydrogen) atoms. The topological polar surface area (TPSA) is 18.5 Å². The lowest BCUT2D eigenvalue weighted by molar-refractivity contribution is -0.197. The van der Waals surface area contributed by atoms with E-state index >= 15 is 0 Å². The molecule has 0 saturated carbocycles. The second-order valence-electron chi connectivity index (χ2n) is 9.94. The number of rotatable bonds is 14. The smallest absolute Gasteiger partial charge is 0.162 e. The van der Waals surface area contributed by atoms with Gasteiger partial charge in [0.05, 0.1) is 13.2 Å². The number of hydrogen-bond donors (Lipinski definition) is 0. The van der Waals surface area contributed by atoms with E-state index in [4.69, 9.17) is 9.47 Å². The van der Waals surface area contributed by atoms with Crippen LogP contribution < -0.4 is 0 Å². The molecule has 0 spiro atoms. The summed E-state index contributed by atoms with van der Waals surface area (Å²) in [5.41, 5.74) is 2.83. The van der Waals surface area contributed by atoms with Crippen LogP contribution in [-0.2, 0) is 9.47 Å². The first-order valence-electron chi connectivity index (χ1n) is 11.0. The Morgan fingerprint density at radius 2 is 1.07 bits per heavy atom. The van der Waals surface area contributed by atoms with Gasteiger partial charge in [-0.2, -0.15) is 0 Å². The summed E-state index contributed by atoms with van der Waals surface area (Å²) in [4.78, 5) is 0. The van der Waals surface area contributed by atoms with E-state index in [1.807, 2.05) is 0 Å². The van der Waals surface area contributed by atoms with E-state index in [2.05, 4.69) is 74.5 Å². The Morgan fingerprint density at radius 3 is 1.37 bits per heavy atom. The summed E-state index contributed by atoms with van der Waals surface area (Å²) in [5.74, 6) is 1.38. The van der Waals surface area contributed by atoms with E-state index in [1.54, 1.807) is 0 Å². The van der Waals surface area contributed by atoms with Crippen molar-refractivity contribution >= 4 is 0 Å². The molecule has 0 rings (SSSR count). The second kappa shape index (κ2) is 14.4. The van der Waals surface area contributed by atoms with Crippen LogP contribution in [0.2, 0.25) is 0 Å². The van der Waals surface area contributed by atoms with Crippen LogP contribution in [0.1, 0.15) is 101 Å². The van der Waals surface area contributed by atoms with E-state index in [9.17, 15) is 0 Å². The van der Waals surface area contributed by atoms with Gasteiger partial charge in [-0.3, -0.25) is 0 Å². The fourth-order valence-electron chi connectivity index (χ4n) is 2.90. The highest BCUT2D eigenvalue weighted by Crippen LogP contribution is 2.25. The molecule has 0 radical (unpaired) electrons. The molecule has 160 valence electrons. The Kier molecular flexibility index (Phi) is 14.1. The van der Waals surface area contributed by atoms with Gasteiger partial charge in [0.25, 0.3) is 0 Å². The van der Waals surface area contributed by atoms with Crippen molar-refractivity contribution in [3.63, 3.8) is 0 Å². The van der Waals surface area contributed by atoms with Gasteiger partial charge in [0, 0.05) is 5.41 Å². The van der Waals surface area contributed by atoms with Crippen LogP contribution in [0.5, 0.6) is 0 Å². The zero-order valence-electron chi connectivity index (χ0n) is 19.9. The van der Waals surface area contributed by atoms with Gasteiger partial charge in [-0.25, -0.2) is 0 Å². The highest BCUT2D eigenvalue weighted by molar-refractivity contribution is 4.93. The van der Waals surface area contributed by atoms with Crippen molar-refractivity contribution in [2.75, 3.05) is 13.2 Å². The van der Waals surface area contributed by atoms with Gasteiger partial charge in [0.15, 0.2) is 6.29 Å². The molecular weight excluding hydrogens is 332 g/mol. The largest absolute Gasteiger partial charge is 0.352 e. The first-order valence-corrected chi connectivity index (χ1v) is 11.0. The summed E-state index contributed by atoms with van der Waals surface area (Å²) >= 11 is 0. The van der Waals surface area contributed by atoms with Gasteiger partial charge in [0.1, 0.15) is 0 Å². The van der Waals surface area contributed by atoms with Crippen LogP contribution in [-0.4, -0.2) is 19.5 Å². The molecule has 0 bridgehead atoms. The molecule has 0 aromatic heterocycles. The van der Waals surface area contributed by atoms with Crippen molar-refractivity contribution in [1.29, 1.82) is 0 Å². The molecule has 0 heterocycles. The molecule has 0 aliphatic carbocycles. The molecule has 0 saturated heterocycles. The minimum absolute atomic E-state index is 0.0105. The summed E-state index contributed by atoms with van der Waals surface area (Å²) in [6.07, 6.45) is 11.6. The fraction of sp³-hybridized carbons (Fsp3) is 0.840. The normalized spacial score (nSPS) is 15.1. The quantitative estimate of drug-likeness (QED) is 0.225. The van der Waals surface area contributed by atoms with Gasteiger partial charge in [-0.15, -0.1) is 0 Å². The number of allylic oxidation sites excluding steroid dienone is 4. The molecule has 0 amide bonds. The Balaban J connectivity index is 4.15. The Bertz CT molecular complexity index is 386. The van der Waals surface area contributed by atoms with Crippen molar-refractivity contribution < 1.29 is 9.47 Å². The number of ether oxygens (including phenoxy) is 2. The van der Waals surface area contributed by atoms with Crippen LogP contribution in [0.15, 0.2) is 23.3 Å². The van der Waals surface area contributed by atoms with Crippen molar-refractivity contribution in [3.8, 4) is 0 Å². The molecule has 0 N–H and O–H groups in total. The maximum Gasteiger partial charge on any atom is 0.162 e. The van der Waals surface area contributed by atoms with Gasteiger partial charge in [-0.05, 0) is 78.1 Å². The minimum Gasteiger partial charge on any atom is -0.352 e. The third-order valence-corrected chi connectivity index (χ3v) is 4.89. The molecule has 2 atom stereocenters. The van der Waals surface area contributed by atoms with E-state index < -0.39 is 0 Å². The summed E-state index contributed by atoms with van der Waals surface area (Å²) in [7, 11) is 0. The van der Waals surface area contributed by atoms with Gasteiger partial charge >= 0.3 is 0 Å². The predicted molar refractivity (Wildman–Crippen MR) is 120 cm³/mol. The minimum atomic E-state index is -0.118. The van der Waals surface area contributed by atoms with Gasteiger partial charge < -0.3 is 9.47 Å². The van der Waals surface area contributed by atoms with Crippen LogP contribution in [0.3, 0.4) is 0 Å². The maximum absolute atomic E-state index is 6.15. The predicted octanol–water partition coefficient (Wildman–Crippen LogP) is 7.94. The lowest BCUT2D eigenvalue weighted by Crippen LogP contribution is -2.33. The average molecular weight is 381 g/mol. The standard InChI is InChI=1S/C25H48O2/c1-20(2)12-10-14-22(5)16-18-26-24(25(7,8)9)27-19-17-23(6)15-11-13-21(3)4/h12-13,22-24H,10-11,14-19H2,1-9H3. The first-order chi connectivity index (χ1) is 12.5. The van der Waals surface area contributed by atoms with E-state index in [1.165, 1.54) is 36.8 Å². The summed E-state index contributed by atoms with van der Waals surface area (Å²) in [6, 6.07) is 0. The van der Waals surface area contributed by atoms with E-state index in [0.717, 1.165) is 26.1 Å². The fourth-order valence-corrected chi connectivity index (χ4v) is 2.90. The van der Waals surface area contributed by atoms with Crippen molar-refractivity contribution in [2.24, 2.45) is 17.3 Å². The van der Waals surface area contributed by atoms with Gasteiger partial charge in [0.2, 0.25) is 0 Å². The Labute approximate surface area is 170 Å². The molecule has 0 aromatic rings. The zero-order valence-corrected chi connectivity index (χ0v) is 19.9. The van der Waals surface area contributed by atoms with Crippen LogP contribution in [0.25, 0.3) is 0 Å². The maximum atomic E-state index is 6.15. The Hall–Kier alpha value is -0.600. The summed E-state index contributed by atoms with van der Waals surface area (Å²) in [5, 5.41) is 0. The lowest BCUT2D eigenvalue weighted by atomic mass is 9.95. The lowest BCUT2D eigenvalue weighted by Gasteiger charge is -2.31. The highest BCUT2D eigenvalue weighted by Gasteiger charge is 2.26. The summed E-state index contributed by atoms with van der Waals surface area (Å²) < 4.78 is 12.3. The van der Waals surface area contributed by atoms with Crippen molar-refractivity contribution in [2.45, 2.75) is 107 Å². The molecule has 2 nitrogen and oxygen atoms in total. The van der Waals surface area contributed by atoms with Crippen molar-refractivity contribution in [3.05, 3.63) is 23.3 Å². The van der Waals surface area contributed by atoms with Crippen molar-refractivity contribution in [1.82, 2.24) is 0 Å². The SMILES string of the molecule is CC(C)=CCCC(C)CCOC(OCCC(C)CCC=C(C)C)C(C)(C)C. The zero-order chi connectivity index (χ0) is 20.9. The third kappa shape index (κ3) is 16.1. The van der Waals surface area contributed by atoms with Crippen LogP contribution in [0, 0.1) is 17.3 Å². The molecule has 0 aliphatic heterocycles. The molecule has 0 fully saturated rings.